The van der Waals surface area contributed by atoms with Gasteiger partial charge < -0.3 is 11.5 Å². The number of aryl methyl sites for hydroxylation is 2. The van der Waals surface area contributed by atoms with Crippen molar-refractivity contribution in [1.82, 2.24) is 0 Å². The highest BCUT2D eigenvalue weighted by molar-refractivity contribution is 14.1. The zero-order valence-electron chi connectivity index (χ0n) is 15.6. The van der Waals surface area contributed by atoms with Crippen molar-refractivity contribution in [2.24, 2.45) is 0 Å². The van der Waals surface area contributed by atoms with E-state index in [2.05, 4.69) is 85.0 Å². The largest absolute Gasteiger partial charge is 0.398 e. The molecule has 136 valence electrons. The van der Waals surface area contributed by atoms with Gasteiger partial charge in [0.15, 0.2) is 0 Å². The van der Waals surface area contributed by atoms with E-state index in [0.717, 1.165) is 43.5 Å². The van der Waals surface area contributed by atoms with E-state index in [4.69, 9.17) is 11.5 Å². The number of rotatable bonds is 6. The summed E-state index contributed by atoms with van der Waals surface area (Å²) in [5.74, 6) is 0. The van der Waals surface area contributed by atoms with Gasteiger partial charge in [0, 0.05) is 24.9 Å². The number of nitrogen functional groups attached to an aromatic ring is 2. The fourth-order valence-corrected chi connectivity index (χ4v) is 5.68. The Morgan fingerprint density at radius 1 is 0.640 bits per heavy atom. The third kappa shape index (κ3) is 4.10. The van der Waals surface area contributed by atoms with Gasteiger partial charge in [-0.15, -0.1) is 0 Å². The lowest BCUT2D eigenvalue weighted by atomic mass is 9.92. The fraction of sp³-hybridized carbons (Fsp3) is 0.429. The lowest BCUT2D eigenvalue weighted by Crippen LogP contribution is -2.09. The van der Waals surface area contributed by atoms with Crippen LogP contribution in [0.1, 0.15) is 61.1 Å². The van der Waals surface area contributed by atoms with Gasteiger partial charge in [0.05, 0.1) is 0 Å². The van der Waals surface area contributed by atoms with E-state index in [-0.39, 0.29) is 0 Å². The zero-order valence-corrected chi connectivity index (χ0v) is 19.9. The third-order valence-corrected chi connectivity index (χ3v) is 7.48. The van der Waals surface area contributed by atoms with Gasteiger partial charge >= 0.3 is 0 Å². The molecule has 0 amide bonds. The summed E-state index contributed by atoms with van der Waals surface area (Å²) in [6, 6.07) is 4.59. The van der Waals surface area contributed by atoms with E-state index in [1.54, 1.807) is 0 Å². The quantitative estimate of drug-likeness (QED) is 0.341. The Kier molecular flexibility index (Phi) is 7.43. The Hall–Kier alpha value is -0.500. The molecule has 0 atom stereocenters. The summed E-state index contributed by atoms with van der Waals surface area (Å²) in [6.07, 6.45) is 4.93. The highest BCUT2D eigenvalue weighted by atomic mass is 127. The van der Waals surface area contributed by atoms with Gasteiger partial charge in [0.25, 0.3) is 0 Å². The molecule has 4 N–H and O–H groups in total. The average Bonchev–Trinajstić information content (AvgIpc) is 2.62. The summed E-state index contributed by atoms with van der Waals surface area (Å²) >= 11 is 4.81. The maximum Gasteiger partial charge on any atom is 0.0488 e. The lowest BCUT2D eigenvalue weighted by molar-refractivity contribution is 1.00. The van der Waals surface area contributed by atoms with Crippen LogP contribution in [0.25, 0.3) is 0 Å². The van der Waals surface area contributed by atoms with Crippen molar-refractivity contribution < 1.29 is 0 Å². The van der Waals surface area contributed by atoms with Crippen molar-refractivity contribution in [2.75, 3.05) is 11.5 Å². The Morgan fingerprint density at radius 3 is 1.28 bits per heavy atom. The number of halogens is 2. The molecular weight excluding hydrogens is 534 g/mol. The van der Waals surface area contributed by atoms with Gasteiger partial charge in [-0.3, -0.25) is 0 Å². The smallest absolute Gasteiger partial charge is 0.0488 e. The molecule has 4 heteroatoms. The summed E-state index contributed by atoms with van der Waals surface area (Å²) in [6.45, 7) is 8.83. The van der Waals surface area contributed by atoms with Crippen LogP contribution in [-0.2, 0) is 32.1 Å². The van der Waals surface area contributed by atoms with Crippen LogP contribution in [0.4, 0.5) is 11.4 Å². The Morgan fingerprint density at radius 2 is 1.00 bits per heavy atom. The second-order valence-corrected chi connectivity index (χ2v) is 8.55. The highest BCUT2D eigenvalue weighted by Crippen LogP contribution is 2.34. The number of hydrogen-bond acceptors (Lipinski definition) is 2. The predicted octanol–water partition coefficient (Wildman–Crippen LogP) is 5.90. The first-order chi connectivity index (χ1) is 11.9. The van der Waals surface area contributed by atoms with Gasteiger partial charge in [0.2, 0.25) is 0 Å². The van der Waals surface area contributed by atoms with Crippen molar-refractivity contribution in [2.45, 2.75) is 59.8 Å². The maximum atomic E-state index is 6.49. The molecule has 0 heterocycles. The molecule has 0 saturated carbocycles. The first kappa shape index (κ1) is 20.8. The molecule has 0 saturated heterocycles. The minimum absolute atomic E-state index is 0.803. The summed E-state index contributed by atoms with van der Waals surface area (Å²) in [4.78, 5) is 0. The standard InChI is InChI=1S/C21H28I2N2/c1-5-12-9-14(20(24)18(22)16(12)7-3)11-15-10-13(6-2)17(8-4)19(23)21(15)25/h9-10H,5-8,11,24-25H2,1-4H3. The Bertz CT molecular complexity index is 717. The summed E-state index contributed by atoms with van der Waals surface area (Å²) < 4.78 is 2.42. The van der Waals surface area contributed by atoms with Gasteiger partial charge in [-0.25, -0.2) is 0 Å². The molecular formula is C21H28I2N2. The first-order valence-electron chi connectivity index (χ1n) is 9.06. The fourth-order valence-electron chi connectivity index (χ4n) is 3.53. The predicted molar refractivity (Wildman–Crippen MR) is 127 cm³/mol. The highest BCUT2D eigenvalue weighted by Gasteiger charge is 2.16. The van der Waals surface area contributed by atoms with E-state index in [9.17, 15) is 0 Å². The van der Waals surface area contributed by atoms with E-state index in [1.165, 1.54) is 40.5 Å². The van der Waals surface area contributed by atoms with Gasteiger partial charge in [-0.1, -0.05) is 39.8 Å². The molecule has 2 aromatic carbocycles. The topological polar surface area (TPSA) is 52.0 Å². The van der Waals surface area contributed by atoms with Crippen LogP contribution in [0.3, 0.4) is 0 Å². The van der Waals surface area contributed by atoms with Gasteiger partial charge in [-0.05, 0) is 104 Å². The molecule has 25 heavy (non-hydrogen) atoms. The molecule has 0 aromatic heterocycles. The minimum atomic E-state index is 0.803. The molecule has 0 fully saturated rings. The molecule has 0 aliphatic heterocycles. The van der Waals surface area contributed by atoms with Gasteiger partial charge in [0.1, 0.15) is 0 Å². The van der Waals surface area contributed by atoms with E-state index in [0.29, 0.717) is 0 Å². The normalized spacial score (nSPS) is 11.1. The Labute approximate surface area is 179 Å². The molecule has 0 spiro atoms. The molecule has 0 aliphatic carbocycles. The van der Waals surface area contributed by atoms with Gasteiger partial charge in [-0.2, -0.15) is 0 Å². The monoisotopic (exact) mass is 562 g/mol. The van der Waals surface area contributed by atoms with Crippen molar-refractivity contribution in [1.29, 1.82) is 0 Å². The van der Waals surface area contributed by atoms with E-state index in [1.807, 2.05) is 0 Å². The van der Waals surface area contributed by atoms with Crippen LogP contribution in [0.15, 0.2) is 12.1 Å². The van der Waals surface area contributed by atoms with E-state index < -0.39 is 0 Å². The molecule has 0 unspecified atom stereocenters. The molecule has 0 radical (unpaired) electrons. The molecule has 2 aromatic rings. The SMILES string of the molecule is CCc1cc(Cc2cc(CC)c(CC)c(I)c2N)c(N)c(I)c1CC. The third-order valence-electron chi connectivity index (χ3n) is 5.02. The number of benzene rings is 2. The second kappa shape index (κ2) is 8.93. The van der Waals surface area contributed by atoms with Crippen LogP contribution in [0, 0.1) is 7.14 Å². The number of anilines is 2. The molecule has 2 nitrogen and oxygen atoms in total. The lowest BCUT2D eigenvalue weighted by Gasteiger charge is -2.19. The average molecular weight is 562 g/mol. The van der Waals surface area contributed by atoms with E-state index >= 15 is 0 Å². The van der Waals surface area contributed by atoms with Crippen molar-refractivity contribution in [3.63, 3.8) is 0 Å². The van der Waals surface area contributed by atoms with Crippen LogP contribution >= 0.6 is 45.2 Å². The second-order valence-electron chi connectivity index (χ2n) is 6.39. The van der Waals surface area contributed by atoms with Crippen LogP contribution in [-0.4, -0.2) is 0 Å². The van der Waals surface area contributed by atoms with Crippen molar-refractivity contribution in [3.8, 4) is 0 Å². The van der Waals surface area contributed by atoms with Crippen LogP contribution in [0.5, 0.6) is 0 Å². The minimum Gasteiger partial charge on any atom is -0.398 e. The molecule has 0 aliphatic rings. The number of hydrogen-bond donors (Lipinski definition) is 2. The summed E-state index contributed by atoms with van der Waals surface area (Å²) in [7, 11) is 0. The molecule has 2 rings (SSSR count). The Balaban J connectivity index is 2.57. The maximum absolute atomic E-state index is 6.49. The number of nitrogens with two attached hydrogens (primary N) is 2. The molecule has 0 bridgehead atoms. The summed E-state index contributed by atoms with van der Waals surface area (Å²) in [5, 5.41) is 0. The first-order valence-corrected chi connectivity index (χ1v) is 11.2. The zero-order chi connectivity index (χ0) is 18.7. The van der Waals surface area contributed by atoms with Crippen molar-refractivity contribution in [3.05, 3.63) is 52.7 Å². The van der Waals surface area contributed by atoms with Crippen LogP contribution < -0.4 is 11.5 Å². The van der Waals surface area contributed by atoms with Crippen LogP contribution in [0.2, 0.25) is 0 Å². The van der Waals surface area contributed by atoms with Crippen molar-refractivity contribution >= 4 is 56.6 Å². The summed E-state index contributed by atoms with van der Waals surface area (Å²) in [5.41, 5.74) is 22.8.